The molecule has 1 aliphatic heterocycles. The predicted octanol–water partition coefficient (Wildman–Crippen LogP) is 2.41. The van der Waals surface area contributed by atoms with Gasteiger partial charge in [0.2, 0.25) is 0 Å². The third-order valence-corrected chi connectivity index (χ3v) is 3.42. The van der Waals surface area contributed by atoms with E-state index in [1.165, 1.54) is 0 Å². The maximum atomic E-state index is 6.10. The number of hydrogen-bond donors (Lipinski definition) is 1. The first kappa shape index (κ1) is 12.1. The predicted molar refractivity (Wildman–Crippen MR) is 63.9 cm³/mol. The Balaban J connectivity index is 2.19. The molecule has 1 saturated heterocycles. The van der Waals surface area contributed by atoms with E-state index in [4.69, 9.17) is 38.4 Å². The molecule has 2 unspecified atom stereocenters. The lowest BCUT2D eigenvalue weighted by molar-refractivity contribution is -0.0975. The Labute approximate surface area is 104 Å². The van der Waals surface area contributed by atoms with E-state index < -0.39 is 0 Å². The molecule has 3 nitrogen and oxygen atoms in total. The van der Waals surface area contributed by atoms with Crippen molar-refractivity contribution in [3.05, 3.63) is 33.8 Å². The molecule has 2 atom stereocenters. The van der Waals surface area contributed by atoms with Crippen LogP contribution in [0.15, 0.2) is 18.2 Å². The zero-order valence-corrected chi connectivity index (χ0v) is 10.2. The van der Waals surface area contributed by atoms with Crippen molar-refractivity contribution in [1.29, 1.82) is 0 Å². The van der Waals surface area contributed by atoms with Crippen molar-refractivity contribution in [2.24, 2.45) is 5.73 Å². The van der Waals surface area contributed by atoms with Crippen molar-refractivity contribution in [2.75, 3.05) is 19.8 Å². The highest BCUT2D eigenvalue weighted by Gasteiger charge is 2.25. The van der Waals surface area contributed by atoms with Gasteiger partial charge < -0.3 is 15.2 Å². The molecule has 0 amide bonds. The number of hydrogen-bond acceptors (Lipinski definition) is 3. The van der Waals surface area contributed by atoms with Gasteiger partial charge in [0, 0.05) is 0 Å². The van der Waals surface area contributed by atoms with Crippen molar-refractivity contribution in [1.82, 2.24) is 0 Å². The van der Waals surface area contributed by atoms with Gasteiger partial charge >= 0.3 is 0 Å². The first-order valence-corrected chi connectivity index (χ1v) is 5.84. The zero-order valence-electron chi connectivity index (χ0n) is 8.66. The highest BCUT2D eigenvalue weighted by Crippen LogP contribution is 2.31. The van der Waals surface area contributed by atoms with E-state index in [0.29, 0.717) is 29.9 Å². The molecule has 1 aromatic rings. The molecule has 88 valence electrons. The first-order chi connectivity index (χ1) is 7.70. The van der Waals surface area contributed by atoms with E-state index in [9.17, 15) is 0 Å². The fourth-order valence-electron chi connectivity index (χ4n) is 1.69. The van der Waals surface area contributed by atoms with Crippen molar-refractivity contribution >= 4 is 23.2 Å². The number of nitrogens with two attached hydrogens (primary N) is 1. The van der Waals surface area contributed by atoms with Gasteiger partial charge in [0.15, 0.2) is 0 Å². The Bertz CT molecular complexity index is 367. The highest BCUT2D eigenvalue weighted by atomic mass is 35.5. The van der Waals surface area contributed by atoms with Gasteiger partial charge in [-0.25, -0.2) is 0 Å². The summed E-state index contributed by atoms with van der Waals surface area (Å²) in [4.78, 5) is 0. The van der Waals surface area contributed by atoms with Gasteiger partial charge in [-0.1, -0.05) is 35.3 Å². The molecule has 16 heavy (non-hydrogen) atoms. The summed E-state index contributed by atoms with van der Waals surface area (Å²) >= 11 is 12.0. The minimum absolute atomic E-state index is 0.162. The summed E-state index contributed by atoms with van der Waals surface area (Å²) in [6, 6.07) is 5.11. The SMILES string of the molecule is NC(c1cccc(Cl)c1Cl)C1COCCO1. The Hall–Kier alpha value is -0.320. The maximum absolute atomic E-state index is 6.10. The summed E-state index contributed by atoms with van der Waals surface area (Å²) < 4.78 is 10.9. The third-order valence-electron chi connectivity index (χ3n) is 2.58. The van der Waals surface area contributed by atoms with Crippen LogP contribution in [-0.4, -0.2) is 25.9 Å². The van der Waals surface area contributed by atoms with E-state index in [1.54, 1.807) is 6.07 Å². The van der Waals surface area contributed by atoms with E-state index in [2.05, 4.69) is 0 Å². The third kappa shape index (κ3) is 2.50. The Morgan fingerprint density at radius 3 is 2.81 bits per heavy atom. The number of ether oxygens (including phenoxy) is 2. The normalized spacial score (nSPS) is 23.1. The summed E-state index contributed by atoms with van der Waals surface area (Å²) in [6.07, 6.45) is -0.162. The van der Waals surface area contributed by atoms with E-state index >= 15 is 0 Å². The van der Waals surface area contributed by atoms with Crippen molar-refractivity contribution < 1.29 is 9.47 Å². The van der Waals surface area contributed by atoms with Crippen LogP contribution in [0.1, 0.15) is 11.6 Å². The Morgan fingerprint density at radius 2 is 2.12 bits per heavy atom. The van der Waals surface area contributed by atoms with Crippen LogP contribution in [0.4, 0.5) is 0 Å². The summed E-state index contributed by atoms with van der Waals surface area (Å²) in [6.45, 7) is 1.67. The lowest BCUT2D eigenvalue weighted by Gasteiger charge is -2.28. The van der Waals surface area contributed by atoms with Crippen molar-refractivity contribution in [2.45, 2.75) is 12.1 Å². The van der Waals surface area contributed by atoms with Gasteiger partial charge in [-0.15, -0.1) is 0 Å². The van der Waals surface area contributed by atoms with Crippen LogP contribution in [0, 0.1) is 0 Å². The average Bonchev–Trinajstić information content (AvgIpc) is 2.33. The molecule has 1 heterocycles. The van der Waals surface area contributed by atoms with Crippen LogP contribution in [0.25, 0.3) is 0 Å². The maximum Gasteiger partial charge on any atom is 0.100 e. The van der Waals surface area contributed by atoms with Crippen LogP contribution in [0.3, 0.4) is 0 Å². The molecule has 5 heteroatoms. The molecule has 0 aliphatic carbocycles. The Morgan fingerprint density at radius 1 is 1.31 bits per heavy atom. The fourth-order valence-corrected chi connectivity index (χ4v) is 2.13. The standard InChI is InChI=1S/C11H13Cl2NO2/c12-8-3-1-2-7(10(8)13)11(14)9-6-15-4-5-16-9/h1-3,9,11H,4-6,14H2. The molecular formula is C11H13Cl2NO2. The molecule has 1 aromatic carbocycles. The second-order valence-electron chi connectivity index (χ2n) is 3.65. The van der Waals surface area contributed by atoms with Crippen molar-refractivity contribution in [3.8, 4) is 0 Å². The lowest BCUT2D eigenvalue weighted by Crippen LogP contribution is -2.37. The summed E-state index contributed by atoms with van der Waals surface area (Å²) in [5.74, 6) is 0. The van der Waals surface area contributed by atoms with Crippen LogP contribution >= 0.6 is 23.2 Å². The molecule has 0 spiro atoms. The Kier molecular flexibility index (Phi) is 4.05. The van der Waals surface area contributed by atoms with Gasteiger partial charge in [-0.05, 0) is 11.6 Å². The van der Waals surface area contributed by atoms with E-state index in [1.807, 2.05) is 12.1 Å². The number of halogens is 2. The minimum atomic E-state index is -0.313. The van der Waals surface area contributed by atoms with Crippen molar-refractivity contribution in [3.63, 3.8) is 0 Å². The quantitative estimate of drug-likeness (QED) is 0.890. The minimum Gasteiger partial charge on any atom is -0.376 e. The van der Waals surface area contributed by atoms with Gasteiger partial charge in [-0.2, -0.15) is 0 Å². The molecule has 0 saturated carbocycles. The summed E-state index contributed by atoms with van der Waals surface area (Å²) in [5, 5.41) is 0.997. The van der Waals surface area contributed by atoms with Gasteiger partial charge in [0.05, 0.1) is 35.9 Å². The van der Waals surface area contributed by atoms with E-state index in [0.717, 1.165) is 5.56 Å². The van der Waals surface area contributed by atoms with Gasteiger partial charge in [-0.3, -0.25) is 0 Å². The topological polar surface area (TPSA) is 44.5 Å². The van der Waals surface area contributed by atoms with Crippen LogP contribution < -0.4 is 5.73 Å². The molecule has 2 N–H and O–H groups in total. The monoisotopic (exact) mass is 261 g/mol. The smallest absolute Gasteiger partial charge is 0.100 e. The van der Waals surface area contributed by atoms with E-state index in [-0.39, 0.29) is 12.1 Å². The first-order valence-electron chi connectivity index (χ1n) is 5.09. The molecule has 0 bridgehead atoms. The summed E-state index contributed by atoms with van der Waals surface area (Å²) in [5.41, 5.74) is 6.89. The second kappa shape index (κ2) is 5.34. The number of benzene rings is 1. The van der Waals surface area contributed by atoms with Crippen LogP contribution in [0.2, 0.25) is 10.0 Å². The second-order valence-corrected chi connectivity index (χ2v) is 4.44. The largest absolute Gasteiger partial charge is 0.376 e. The lowest BCUT2D eigenvalue weighted by atomic mass is 10.0. The highest BCUT2D eigenvalue weighted by molar-refractivity contribution is 6.42. The average molecular weight is 262 g/mol. The zero-order chi connectivity index (χ0) is 11.5. The van der Waals surface area contributed by atoms with Gasteiger partial charge in [0.1, 0.15) is 6.10 Å². The molecule has 0 radical (unpaired) electrons. The molecule has 0 aromatic heterocycles. The fraction of sp³-hybridized carbons (Fsp3) is 0.455. The van der Waals surface area contributed by atoms with Gasteiger partial charge in [0.25, 0.3) is 0 Å². The molecule has 2 rings (SSSR count). The van der Waals surface area contributed by atoms with Crippen LogP contribution in [-0.2, 0) is 9.47 Å². The molecular weight excluding hydrogens is 249 g/mol. The summed E-state index contributed by atoms with van der Waals surface area (Å²) in [7, 11) is 0. The number of rotatable bonds is 2. The molecule has 1 aliphatic rings. The molecule has 1 fully saturated rings. The van der Waals surface area contributed by atoms with Crippen LogP contribution in [0.5, 0.6) is 0 Å².